The van der Waals surface area contributed by atoms with Crippen LogP contribution in [0.3, 0.4) is 0 Å². The lowest BCUT2D eigenvalue weighted by atomic mass is 10.2. The van der Waals surface area contributed by atoms with Gasteiger partial charge in [0.15, 0.2) is 0 Å². The Balaban J connectivity index is 1.98. The van der Waals surface area contributed by atoms with Crippen molar-refractivity contribution in [3.05, 3.63) is 41.0 Å². The van der Waals surface area contributed by atoms with Gasteiger partial charge in [-0.25, -0.2) is 4.39 Å². The largest absolute Gasteiger partial charge is 0.315 e. The second kappa shape index (κ2) is 5.57. The van der Waals surface area contributed by atoms with E-state index in [0.29, 0.717) is 0 Å². The summed E-state index contributed by atoms with van der Waals surface area (Å²) >= 11 is 0.335. The van der Waals surface area contributed by atoms with Crippen LogP contribution in [0.4, 0.5) is 10.1 Å². The van der Waals surface area contributed by atoms with Gasteiger partial charge in [0.05, 0.1) is 11.4 Å². The van der Waals surface area contributed by atoms with Crippen molar-refractivity contribution in [2.24, 2.45) is 7.05 Å². The summed E-state index contributed by atoms with van der Waals surface area (Å²) in [5, 5.41) is 5.19. The molecule has 0 saturated carbocycles. The molecule has 2 aromatic heterocycles. The Morgan fingerprint density at radius 3 is 2.68 bits per heavy atom. The van der Waals surface area contributed by atoms with Crippen molar-refractivity contribution >= 4 is 38.5 Å². The standard InChI is InChI=1S/C15H17FN3OS2/c1-8-12-7-11(16)5-6-13(12)21-15(8)22(20)18-14-9(2)17-19(4)10(14)3/h5-7,18,20H,1-4H3/q+1. The van der Waals surface area contributed by atoms with Crippen LogP contribution >= 0.6 is 11.3 Å². The first kappa shape index (κ1) is 15.3. The van der Waals surface area contributed by atoms with Gasteiger partial charge in [0, 0.05) is 22.7 Å². The lowest BCUT2D eigenvalue weighted by Crippen LogP contribution is -2.13. The van der Waals surface area contributed by atoms with Crippen molar-refractivity contribution in [1.29, 1.82) is 0 Å². The maximum Gasteiger partial charge on any atom is 0.315 e. The number of hydrogen-bond acceptors (Lipinski definition) is 4. The maximum absolute atomic E-state index is 13.4. The maximum atomic E-state index is 13.4. The number of rotatable bonds is 3. The van der Waals surface area contributed by atoms with Gasteiger partial charge in [-0.05, 0) is 39.0 Å². The Morgan fingerprint density at radius 2 is 2.05 bits per heavy atom. The van der Waals surface area contributed by atoms with Crippen LogP contribution in [0.25, 0.3) is 10.1 Å². The smallest absolute Gasteiger partial charge is 0.270 e. The molecule has 0 saturated heterocycles. The fourth-order valence-corrected chi connectivity index (χ4v) is 5.03. The molecule has 22 heavy (non-hydrogen) atoms. The number of thiophene rings is 1. The molecule has 0 radical (unpaired) electrons. The molecule has 0 aliphatic heterocycles. The first-order chi connectivity index (χ1) is 10.4. The van der Waals surface area contributed by atoms with Crippen LogP contribution in [-0.2, 0) is 18.4 Å². The van der Waals surface area contributed by atoms with Crippen LogP contribution in [0, 0.1) is 26.6 Å². The van der Waals surface area contributed by atoms with Gasteiger partial charge in [0.1, 0.15) is 11.5 Å². The summed E-state index contributed by atoms with van der Waals surface area (Å²) in [6.45, 7) is 5.76. The second-order valence-corrected chi connectivity index (χ2v) is 7.70. The number of nitrogens with zero attached hydrogens (tertiary/aromatic N) is 2. The molecule has 3 aromatic rings. The normalized spacial score (nSPS) is 12.8. The van der Waals surface area contributed by atoms with Gasteiger partial charge in [-0.15, -0.1) is 0 Å². The second-order valence-electron chi connectivity index (χ2n) is 5.21. The van der Waals surface area contributed by atoms with Crippen LogP contribution in [0.15, 0.2) is 22.4 Å². The minimum atomic E-state index is -1.15. The SMILES string of the molecule is Cc1nn(C)c(C)c1N[S+](O)c1sc2ccc(F)cc2c1C. The Hall–Kier alpha value is -1.57. The predicted molar refractivity (Wildman–Crippen MR) is 91.1 cm³/mol. The lowest BCUT2D eigenvalue weighted by molar-refractivity contribution is 0.629. The van der Waals surface area contributed by atoms with Crippen LogP contribution in [0.5, 0.6) is 0 Å². The Bertz CT molecular complexity index is 856. The van der Waals surface area contributed by atoms with Crippen LogP contribution in [0.1, 0.15) is 17.0 Å². The topological polar surface area (TPSA) is 50.1 Å². The number of benzene rings is 1. The van der Waals surface area contributed by atoms with Gasteiger partial charge < -0.3 is 0 Å². The summed E-state index contributed by atoms with van der Waals surface area (Å²) in [5.41, 5.74) is 3.57. The summed E-state index contributed by atoms with van der Waals surface area (Å²) in [6, 6.07) is 4.71. The molecule has 116 valence electrons. The first-order valence-corrected chi connectivity index (χ1v) is 8.77. The predicted octanol–water partition coefficient (Wildman–Crippen LogP) is 4.18. The highest BCUT2D eigenvalue weighted by atomic mass is 32.2. The molecule has 4 nitrogen and oxygen atoms in total. The fraction of sp³-hybridized carbons (Fsp3) is 0.267. The van der Waals surface area contributed by atoms with Gasteiger partial charge in [-0.3, -0.25) is 4.68 Å². The van der Waals surface area contributed by atoms with E-state index in [0.717, 1.165) is 36.9 Å². The highest BCUT2D eigenvalue weighted by molar-refractivity contribution is 7.95. The fourth-order valence-electron chi connectivity index (χ4n) is 2.42. The van der Waals surface area contributed by atoms with E-state index in [4.69, 9.17) is 0 Å². The van der Waals surface area contributed by atoms with E-state index in [9.17, 15) is 8.94 Å². The Morgan fingerprint density at radius 1 is 1.32 bits per heavy atom. The molecular formula is C15H17FN3OS2+. The third kappa shape index (κ3) is 2.49. The summed E-state index contributed by atoms with van der Waals surface area (Å²) in [5.74, 6) is -0.260. The van der Waals surface area contributed by atoms with E-state index < -0.39 is 11.4 Å². The molecule has 1 aromatic carbocycles. The van der Waals surface area contributed by atoms with Gasteiger partial charge in [-0.1, -0.05) is 11.3 Å². The molecule has 2 heterocycles. The summed E-state index contributed by atoms with van der Waals surface area (Å²) in [7, 11) is 1.87. The Labute approximate surface area is 135 Å². The van der Waals surface area contributed by atoms with E-state index in [1.54, 1.807) is 10.7 Å². The number of hydrogen-bond donors (Lipinski definition) is 2. The monoisotopic (exact) mass is 338 g/mol. The highest BCUT2D eigenvalue weighted by Gasteiger charge is 2.30. The van der Waals surface area contributed by atoms with Crippen molar-refractivity contribution in [1.82, 2.24) is 9.78 Å². The van der Waals surface area contributed by atoms with Crippen molar-refractivity contribution in [3.63, 3.8) is 0 Å². The number of anilines is 1. The molecule has 0 aliphatic carbocycles. The molecule has 3 rings (SSSR count). The molecular weight excluding hydrogens is 321 g/mol. The van der Waals surface area contributed by atoms with E-state index >= 15 is 0 Å². The molecule has 0 aliphatic rings. The molecule has 0 spiro atoms. The number of nitrogens with one attached hydrogen (secondary N) is 1. The average Bonchev–Trinajstić information content (AvgIpc) is 2.91. The van der Waals surface area contributed by atoms with Gasteiger partial charge >= 0.3 is 11.4 Å². The first-order valence-electron chi connectivity index (χ1n) is 6.77. The Kier molecular flexibility index (Phi) is 3.88. The summed E-state index contributed by atoms with van der Waals surface area (Å²) in [4.78, 5) is 0. The van der Waals surface area contributed by atoms with E-state index in [2.05, 4.69) is 9.82 Å². The van der Waals surface area contributed by atoms with E-state index in [1.807, 2.05) is 27.8 Å². The molecule has 0 fully saturated rings. The van der Waals surface area contributed by atoms with Crippen LogP contribution in [-0.4, -0.2) is 14.3 Å². The lowest BCUT2D eigenvalue weighted by Gasteiger charge is -2.02. The number of aryl methyl sites for hydroxylation is 3. The van der Waals surface area contributed by atoms with Crippen LogP contribution < -0.4 is 4.72 Å². The highest BCUT2D eigenvalue weighted by Crippen LogP contribution is 2.36. The van der Waals surface area contributed by atoms with Crippen molar-refractivity contribution in [2.75, 3.05) is 4.72 Å². The van der Waals surface area contributed by atoms with Crippen molar-refractivity contribution in [2.45, 2.75) is 25.0 Å². The minimum absolute atomic E-state index is 0.260. The third-order valence-electron chi connectivity index (χ3n) is 3.74. The van der Waals surface area contributed by atoms with Gasteiger partial charge in [-0.2, -0.15) is 14.4 Å². The third-order valence-corrected chi connectivity index (χ3v) is 6.58. The zero-order chi connectivity index (χ0) is 16.0. The zero-order valence-corrected chi connectivity index (χ0v) is 14.4. The van der Waals surface area contributed by atoms with Crippen molar-refractivity contribution < 1.29 is 8.94 Å². The molecule has 2 N–H and O–H groups in total. The van der Waals surface area contributed by atoms with Crippen LogP contribution in [0.2, 0.25) is 0 Å². The number of aromatic nitrogens is 2. The quantitative estimate of drug-likeness (QED) is 0.705. The molecule has 1 atom stereocenters. The average molecular weight is 338 g/mol. The van der Waals surface area contributed by atoms with E-state index in [1.165, 1.54) is 23.5 Å². The summed E-state index contributed by atoms with van der Waals surface area (Å²) < 4.78 is 30.7. The van der Waals surface area contributed by atoms with Gasteiger partial charge in [0.25, 0.3) is 4.21 Å². The van der Waals surface area contributed by atoms with E-state index in [-0.39, 0.29) is 5.82 Å². The molecule has 0 bridgehead atoms. The molecule has 0 amide bonds. The number of halogens is 1. The number of fused-ring (bicyclic) bond motifs is 1. The van der Waals surface area contributed by atoms with Gasteiger partial charge in [0.2, 0.25) is 0 Å². The molecule has 1 unspecified atom stereocenters. The minimum Gasteiger partial charge on any atom is -0.270 e. The van der Waals surface area contributed by atoms with Crippen molar-refractivity contribution in [3.8, 4) is 0 Å². The zero-order valence-electron chi connectivity index (χ0n) is 12.8. The molecule has 7 heteroatoms. The summed E-state index contributed by atoms with van der Waals surface area (Å²) in [6.07, 6.45) is 0.